The number of rotatable bonds is 4. The van der Waals surface area contributed by atoms with Crippen molar-refractivity contribution < 1.29 is 9.59 Å². The first-order valence-corrected chi connectivity index (χ1v) is 4.81. The van der Waals surface area contributed by atoms with Gasteiger partial charge in [-0.1, -0.05) is 24.3 Å². The number of Topliss-reactive ketones (excluding diaryl/α,β-unsaturated/α-hetero) is 1. The molecule has 2 nitrogen and oxygen atoms in total. The first-order valence-electron chi connectivity index (χ1n) is 4.37. The molecule has 0 heterocycles. The minimum Gasteiger partial charge on any atom is -0.300 e. The van der Waals surface area contributed by atoms with E-state index >= 15 is 0 Å². The molecule has 0 aliphatic carbocycles. The summed E-state index contributed by atoms with van der Waals surface area (Å²) in [5.41, 5.74) is 1.85. The van der Waals surface area contributed by atoms with Crippen LogP contribution in [0.15, 0.2) is 24.3 Å². The van der Waals surface area contributed by atoms with Crippen LogP contribution in [-0.4, -0.2) is 10.9 Å². The van der Waals surface area contributed by atoms with Crippen molar-refractivity contribution >= 4 is 23.5 Å². The summed E-state index contributed by atoms with van der Waals surface area (Å²) in [6.45, 7) is 1.55. The van der Waals surface area contributed by atoms with Gasteiger partial charge >= 0.3 is 0 Å². The molecule has 0 atom stereocenters. The number of hydrogen-bond acceptors (Lipinski definition) is 2. The molecule has 0 bridgehead atoms. The van der Waals surface area contributed by atoms with Crippen molar-refractivity contribution in [2.45, 2.75) is 19.8 Å². The molecule has 3 heteroatoms. The van der Waals surface area contributed by atoms with Crippen LogP contribution in [0.1, 0.15) is 18.1 Å². The lowest BCUT2D eigenvalue weighted by molar-refractivity contribution is -0.116. The second-order valence-corrected chi connectivity index (χ2v) is 3.77. The highest BCUT2D eigenvalue weighted by Crippen LogP contribution is 2.08. The summed E-state index contributed by atoms with van der Waals surface area (Å²) in [5, 5.41) is -0.162. The second kappa shape index (κ2) is 4.96. The van der Waals surface area contributed by atoms with Gasteiger partial charge in [0.1, 0.15) is 5.78 Å². The molecule has 0 aromatic heterocycles. The van der Waals surface area contributed by atoms with Crippen LogP contribution in [0.4, 0.5) is 0 Å². The Labute approximate surface area is 88.7 Å². The first-order chi connectivity index (χ1) is 6.58. The number of ketones is 1. The molecule has 0 unspecified atom stereocenters. The molecule has 0 aliphatic rings. The third-order valence-corrected chi connectivity index (χ3v) is 1.96. The van der Waals surface area contributed by atoms with Gasteiger partial charge in [-0.05, 0) is 18.1 Å². The zero-order valence-corrected chi connectivity index (χ0v) is 8.88. The Balaban J connectivity index is 2.78. The van der Waals surface area contributed by atoms with Gasteiger partial charge in [-0.2, -0.15) is 0 Å². The van der Waals surface area contributed by atoms with Gasteiger partial charge < -0.3 is 0 Å². The van der Waals surface area contributed by atoms with Crippen LogP contribution in [0.3, 0.4) is 0 Å². The molecule has 0 radical (unpaired) electrons. The highest BCUT2D eigenvalue weighted by molar-refractivity contribution is 7.96. The maximum absolute atomic E-state index is 10.9. The minimum absolute atomic E-state index is 0.124. The van der Waals surface area contributed by atoms with Crippen molar-refractivity contribution in [3.8, 4) is 0 Å². The molecule has 74 valence electrons. The van der Waals surface area contributed by atoms with E-state index in [1.807, 2.05) is 24.3 Å². The molecule has 0 spiro atoms. The van der Waals surface area contributed by atoms with Crippen molar-refractivity contribution in [1.82, 2.24) is 0 Å². The summed E-state index contributed by atoms with van der Waals surface area (Å²) in [6.07, 6.45) is 0.740. The molecule has 0 fully saturated rings. The Morgan fingerprint density at radius 3 is 2.29 bits per heavy atom. The van der Waals surface area contributed by atoms with Crippen LogP contribution in [0.25, 0.3) is 0 Å². The van der Waals surface area contributed by atoms with Gasteiger partial charge in [0.15, 0.2) is 5.12 Å². The Hall–Kier alpha value is -1.09. The van der Waals surface area contributed by atoms with Gasteiger partial charge in [-0.3, -0.25) is 9.59 Å². The van der Waals surface area contributed by atoms with Crippen LogP contribution in [0.5, 0.6) is 0 Å². The molecular formula is C11H12O2S. The maximum atomic E-state index is 10.9. The Bertz CT molecular complexity index is 327. The van der Waals surface area contributed by atoms with Crippen LogP contribution in [0.2, 0.25) is 0 Å². The van der Waals surface area contributed by atoms with Crippen LogP contribution >= 0.6 is 12.6 Å². The van der Waals surface area contributed by atoms with Gasteiger partial charge in [-0.15, -0.1) is 12.6 Å². The zero-order valence-electron chi connectivity index (χ0n) is 7.99. The van der Waals surface area contributed by atoms with E-state index in [9.17, 15) is 9.59 Å². The summed E-state index contributed by atoms with van der Waals surface area (Å²) >= 11 is 3.71. The zero-order chi connectivity index (χ0) is 10.6. The normalized spacial score (nSPS) is 9.86. The van der Waals surface area contributed by atoms with E-state index in [2.05, 4.69) is 12.6 Å². The monoisotopic (exact) mass is 208 g/mol. The summed E-state index contributed by atoms with van der Waals surface area (Å²) in [6, 6.07) is 7.46. The molecule has 1 aromatic rings. The van der Waals surface area contributed by atoms with E-state index in [-0.39, 0.29) is 10.9 Å². The maximum Gasteiger partial charge on any atom is 0.190 e. The fourth-order valence-electron chi connectivity index (χ4n) is 1.31. The lowest BCUT2D eigenvalue weighted by atomic mass is 10.1. The number of carbonyl (C=O) groups excluding carboxylic acids is 2. The fraction of sp³-hybridized carbons (Fsp3) is 0.273. The van der Waals surface area contributed by atoms with Crippen LogP contribution < -0.4 is 0 Å². The van der Waals surface area contributed by atoms with E-state index in [0.717, 1.165) is 11.1 Å². The second-order valence-electron chi connectivity index (χ2n) is 3.27. The highest BCUT2D eigenvalue weighted by atomic mass is 32.1. The van der Waals surface area contributed by atoms with Crippen molar-refractivity contribution in [1.29, 1.82) is 0 Å². The Morgan fingerprint density at radius 2 is 1.79 bits per heavy atom. The third kappa shape index (κ3) is 3.75. The quantitative estimate of drug-likeness (QED) is 0.766. The summed E-state index contributed by atoms with van der Waals surface area (Å²) in [4.78, 5) is 21.6. The predicted molar refractivity (Wildman–Crippen MR) is 58.5 cm³/mol. The number of hydrogen-bond donors (Lipinski definition) is 1. The lowest BCUT2D eigenvalue weighted by Gasteiger charge is -2.01. The van der Waals surface area contributed by atoms with Gasteiger partial charge in [0.05, 0.1) is 0 Å². The van der Waals surface area contributed by atoms with Gasteiger partial charge in [0.25, 0.3) is 0 Å². The largest absolute Gasteiger partial charge is 0.300 e. The average Bonchev–Trinajstić information content (AvgIpc) is 2.01. The Kier molecular flexibility index (Phi) is 3.89. The summed E-state index contributed by atoms with van der Waals surface area (Å²) in [7, 11) is 0. The standard InChI is InChI=1S/C11H12O2S/c1-8(12)5-9-3-2-4-10(6-9)7-11(13)14/h2-4,6H,5,7H2,1H3,(H,13,14). The predicted octanol–water partition coefficient (Wildman–Crippen LogP) is 1.82. The molecular weight excluding hydrogens is 196 g/mol. The smallest absolute Gasteiger partial charge is 0.190 e. The highest BCUT2D eigenvalue weighted by Gasteiger charge is 2.01. The molecule has 0 saturated carbocycles. The van der Waals surface area contributed by atoms with Crippen LogP contribution in [-0.2, 0) is 22.4 Å². The lowest BCUT2D eigenvalue weighted by Crippen LogP contribution is -1.99. The van der Waals surface area contributed by atoms with Gasteiger partial charge in [-0.25, -0.2) is 0 Å². The van der Waals surface area contributed by atoms with Crippen molar-refractivity contribution in [3.05, 3.63) is 35.4 Å². The topological polar surface area (TPSA) is 34.1 Å². The van der Waals surface area contributed by atoms with Crippen molar-refractivity contribution in [3.63, 3.8) is 0 Å². The fourth-order valence-corrected chi connectivity index (χ4v) is 1.49. The third-order valence-electron chi connectivity index (χ3n) is 1.80. The van der Waals surface area contributed by atoms with E-state index in [1.54, 1.807) is 6.92 Å². The minimum atomic E-state index is -0.162. The SMILES string of the molecule is CC(=O)Cc1cccc(CC(=O)S)c1. The Morgan fingerprint density at radius 1 is 1.21 bits per heavy atom. The van der Waals surface area contributed by atoms with E-state index < -0.39 is 0 Å². The molecule has 0 amide bonds. The van der Waals surface area contributed by atoms with Crippen LogP contribution in [0, 0.1) is 0 Å². The first kappa shape index (κ1) is 11.0. The average molecular weight is 208 g/mol. The number of carbonyl (C=O) groups is 2. The molecule has 14 heavy (non-hydrogen) atoms. The number of thiol groups is 1. The van der Waals surface area contributed by atoms with Gasteiger partial charge in [0.2, 0.25) is 0 Å². The summed E-state index contributed by atoms with van der Waals surface area (Å²) < 4.78 is 0. The van der Waals surface area contributed by atoms with Crippen molar-refractivity contribution in [2.75, 3.05) is 0 Å². The molecule has 1 aromatic carbocycles. The molecule has 0 N–H and O–H groups in total. The van der Waals surface area contributed by atoms with E-state index in [0.29, 0.717) is 12.8 Å². The van der Waals surface area contributed by atoms with Gasteiger partial charge in [0, 0.05) is 12.8 Å². The van der Waals surface area contributed by atoms with Crippen molar-refractivity contribution in [2.24, 2.45) is 0 Å². The summed E-state index contributed by atoms with van der Waals surface area (Å²) in [5.74, 6) is 0.124. The molecule has 0 saturated heterocycles. The number of benzene rings is 1. The van der Waals surface area contributed by atoms with E-state index in [4.69, 9.17) is 0 Å². The van der Waals surface area contributed by atoms with E-state index in [1.165, 1.54) is 0 Å². The molecule has 1 rings (SSSR count). The molecule has 0 aliphatic heterocycles.